The van der Waals surface area contributed by atoms with Gasteiger partial charge in [-0.1, -0.05) is 254 Å². The molecule has 0 aromatic rings. The average Bonchev–Trinajstić information content (AvgIpc) is 0.924. The van der Waals surface area contributed by atoms with Gasteiger partial charge in [0.15, 0.2) is 12.2 Å². The van der Waals surface area contributed by atoms with E-state index < -0.39 is 97.5 Å². The standard InChI is InChI=1S/C83H130O17P2/c1-5-9-13-17-21-25-29-33-36-37-38-39-42-45-48-52-56-60-64-68-81(86)94-74-79(100-83(88)70-66-62-58-54-50-46-41-35-31-27-23-19-15-11-7-3)76-98-102(91,92)96-72-77(84)71-95-101(89,90)97-75-78(99-82(87)69-65-61-57-53-49-43-32-28-24-20-16-12-8-4)73-93-80(85)67-63-59-55-51-47-44-40-34-30-26-22-18-14-10-6-2/h9-11,13-16,20-23,25-28,32-36,38-41,45,47-48,50-51,54,59,63,77-79,84H,5-8,12,17-19,24,29-31,37,42-44,46,49,52-53,55-58,60-62,64-76H2,1-4H3,(H,89,90)(H,91,92)/b13-9-,14-10-,15-11-,20-16-,25-21-,26-22-,27-23-,32-28-,36-33-,39-38-,40-34-,41-35-,48-45-,51-47-,54-50-,63-59-. The van der Waals surface area contributed by atoms with Crippen LogP contribution in [0.4, 0.5) is 0 Å². The fraction of sp³-hybridized carbons (Fsp3) is 0.566. The van der Waals surface area contributed by atoms with Gasteiger partial charge in [0, 0.05) is 19.3 Å². The van der Waals surface area contributed by atoms with Crippen LogP contribution in [0.1, 0.15) is 246 Å². The molecule has 0 aromatic heterocycles. The van der Waals surface area contributed by atoms with Crippen molar-refractivity contribution in [3.63, 3.8) is 0 Å². The number of aliphatic hydroxyl groups is 1. The minimum absolute atomic E-state index is 0.0242. The van der Waals surface area contributed by atoms with Crippen LogP contribution in [0.15, 0.2) is 194 Å². The molecule has 0 amide bonds. The summed E-state index contributed by atoms with van der Waals surface area (Å²) in [4.78, 5) is 72.8. The molecular formula is C83H130O17P2. The first kappa shape index (κ1) is 95.9. The second-order valence-electron chi connectivity index (χ2n) is 24.1. The number of hydrogen-bond acceptors (Lipinski definition) is 15. The Bertz CT molecular complexity index is 2700. The topological polar surface area (TPSA) is 237 Å². The third kappa shape index (κ3) is 72.3. The number of phosphoric acid groups is 2. The van der Waals surface area contributed by atoms with E-state index in [0.29, 0.717) is 32.1 Å². The summed E-state index contributed by atoms with van der Waals surface area (Å²) in [5.74, 6) is -2.45. The van der Waals surface area contributed by atoms with Crippen LogP contribution in [-0.2, 0) is 65.4 Å². The number of carbonyl (C=O) groups excluding carboxylic acids is 4. The smallest absolute Gasteiger partial charge is 0.462 e. The molecule has 0 heterocycles. The lowest BCUT2D eigenvalue weighted by Gasteiger charge is -2.21. The summed E-state index contributed by atoms with van der Waals surface area (Å²) in [6.07, 6.45) is 88.9. The number of unbranched alkanes of at least 4 members (excludes halogenated alkanes) is 11. The predicted molar refractivity (Wildman–Crippen MR) is 417 cm³/mol. The van der Waals surface area contributed by atoms with Crippen LogP contribution in [0.5, 0.6) is 0 Å². The van der Waals surface area contributed by atoms with E-state index in [9.17, 15) is 43.2 Å². The Morgan fingerprint density at radius 3 is 0.902 bits per heavy atom. The summed E-state index contributed by atoms with van der Waals surface area (Å²) in [6.45, 7) is 4.19. The van der Waals surface area contributed by atoms with Crippen molar-refractivity contribution < 1.29 is 80.2 Å². The molecule has 5 atom stereocenters. The third-order valence-electron chi connectivity index (χ3n) is 14.5. The first-order valence-electron chi connectivity index (χ1n) is 37.7. The molecule has 3 N–H and O–H groups in total. The molecule has 0 spiro atoms. The van der Waals surface area contributed by atoms with Gasteiger partial charge in [0.25, 0.3) is 0 Å². The van der Waals surface area contributed by atoms with Gasteiger partial charge in [0.2, 0.25) is 0 Å². The minimum Gasteiger partial charge on any atom is -0.462 e. The SMILES string of the molecule is CC/C=C\C/C=C\C/C=C\C/C=C\C/C=C\CCCCCC(=O)OCC(COP(=O)(O)OCC(O)COP(=O)(O)OCC(COC(=O)C/C=C\C/C=C\C/C=C\C/C=C\C/C=C\CC)OC(=O)CCCCCCC/C=C\C/C=C\CCC)OC(=O)CCCC/C=C\C/C=C\C/C=C\C/C=C\CC. The Hall–Kier alpha value is -6.10. The predicted octanol–water partition coefficient (Wildman–Crippen LogP) is 21.8. The number of ether oxygens (including phenoxy) is 4. The molecule has 0 aromatic carbocycles. The molecule has 5 unspecified atom stereocenters. The van der Waals surface area contributed by atoms with Crippen molar-refractivity contribution in [2.24, 2.45) is 0 Å². The zero-order valence-electron chi connectivity index (χ0n) is 62.4. The van der Waals surface area contributed by atoms with E-state index in [-0.39, 0.29) is 25.7 Å². The van der Waals surface area contributed by atoms with Crippen molar-refractivity contribution >= 4 is 39.5 Å². The van der Waals surface area contributed by atoms with Gasteiger partial charge in [-0.15, -0.1) is 0 Å². The van der Waals surface area contributed by atoms with Crippen molar-refractivity contribution in [3.8, 4) is 0 Å². The van der Waals surface area contributed by atoms with Crippen molar-refractivity contribution in [3.05, 3.63) is 194 Å². The Morgan fingerprint density at radius 2 is 0.549 bits per heavy atom. The maximum atomic E-state index is 13.1. The fourth-order valence-corrected chi connectivity index (χ4v) is 10.5. The molecular weight excluding hydrogens is 1330 g/mol. The molecule has 17 nitrogen and oxygen atoms in total. The number of carbonyl (C=O) groups is 4. The molecule has 0 radical (unpaired) electrons. The van der Waals surface area contributed by atoms with E-state index in [0.717, 1.165) is 161 Å². The number of hydrogen-bond donors (Lipinski definition) is 3. The molecule has 102 heavy (non-hydrogen) atoms. The van der Waals surface area contributed by atoms with Crippen molar-refractivity contribution in [2.75, 3.05) is 39.6 Å². The van der Waals surface area contributed by atoms with Crippen molar-refractivity contribution in [2.45, 2.75) is 264 Å². The van der Waals surface area contributed by atoms with Gasteiger partial charge in [-0.25, -0.2) is 9.13 Å². The summed E-state index contributed by atoms with van der Waals surface area (Å²) < 4.78 is 68.2. The summed E-state index contributed by atoms with van der Waals surface area (Å²) in [5.41, 5.74) is 0. The molecule has 0 aliphatic heterocycles. The Kier molecular flexibility index (Phi) is 68.8. The molecule has 0 fully saturated rings. The summed E-state index contributed by atoms with van der Waals surface area (Å²) in [7, 11) is -10.0. The van der Waals surface area contributed by atoms with Crippen LogP contribution in [0, 0.1) is 0 Å². The first-order valence-corrected chi connectivity index (χ1v) is 40.7. The van der Waals surface area contributed by atoms with E-state index in [1.54, 1.807) is 6.08 Å². The second kappa shape index (κ2) is 73.2. The largest absolute Gasteiger partial charge is 0.472 e. The number of aliphatic hydroxyl groups excluding tert-OH is 1. The highest BCUT2D eigenvalue weighted by Gasteiger charge is 2.30. The molecule has 19 heteroatoms. The monoisotopic (exact) mass is 1460 g/mol. The first-order chi connectivity index (χ1) is 49.7. The van der Waals surface area contributed by atoms with E-state index >= 15 is 0 Å². The van der Waals surface area contributed by atoms with Crippen LogP contribution in [0.2, 0.25) is 0 Å². The van der Waals surface area contributed by atoms with E-state index in [1.165, 1.54) is 0 Å². The van der Waals surface area contributed by atoms with Crippen LogP contribution in [0.25, 0.3) is 0 Å². The zero-order valence-corrected chi connectivity index (χ0v) is 64.2. The number of allylic oxidation sites excluding steroid dienone is 31. The van der Waals surface area contributed by atoms with Gasteiger partial charge in [0.05, 0.1) is 32.8 Å². The molecule has 0 saturated heterocycles. The van der Waals surface area contributed by atoms with Gasteiger partial charge in [-0.05, 0) is 161 Å². The van der Waals surface area contributed by atoms with Gasteiger partial charge >= 0.3 is 39.5 Å². The molecule has 0 bridgehead atoms. The summed E-state index contributed by atoms with van der Waals surface area (Å²) in [5, 5.41) is 10.6. The Labute approximate surface area is 615 Å². The quantitative estimate of drug-likeness (QED) is 0.0169. The fourth-order valence-electron chi connectivity index (χ4n) is 8.93. The minimum atomic E-state index is -5.01. The molecule has 574 valence electrons. The highest BCUT2D eigenvalue weighted by Crippen LogP contribution is 2.45. The Balaban J connectivity index is 5.51. The molecule has 0 aliphatic rings. The van der Waals surface area contributed by atoms with Crippen LogP contribution in [0.3, 0.4) is 0 Å². The third-order valence-corrected chi connectivity index (χ3v) is 16.5. The van der Waals surface area contributed by atoms with E-state index in [4.69, 9.17) is 37.0 Å². The van der Waals surface area contributed by atoms with Crippen molar-refractivity contribution in [1.82, 2.24) is 0 Å². The highest BCUT2D eigenvalue weighted by atomic mass is 31.2. The molecule has 0 aliphatic carbocycles. The lowest BCUT2D eigenvalue weighted by atomic mass is 10.1. The summed E-state index contributed by atoms with van der Waals surface area (Å²) >= 11 is 0. The average molecular weight is 1460 g/mol. The summed E-state index contributed by atoms with van der Waals surface area (Å²) in [6, 6.07) is 0. The Morgan fingerprint density at radius 1 is 0.294 bits per heavy atom. The van der Waals surface area contributed by atoms with Gasteiger partial charge in [-0.2, -0.15) is 0 Å². The molecule has 0 saturated carbocycles. The number of rotatable bonds is 68. The maximum absolute atomic E-state index is 13.1. The van der Waals surface area contributed by atoms with Crippen LogP contribution >= 0.6 is 15.6 Å². The maximum Gasteiger partial charge on any atom is 0.472 e. The second-order valence-corrected chi connectivity index (χ2v) is 27.0. The lowest BCUT2D eigenvalue weighted by Crippen LogP contribution is -2.30. The number of esters is 4. The molecule has 0 rings (SSSR count). The van der Waals surface area contributed by atoms with Crippen LogP contribution < -0.4 is 0 Å². The zero-order chi connectivity index (χ0) is 74.6. The number of phosphoric ester groups is 2. The normalized spacial score (nSPS) is 15.0. The highest BCUT2D eigenvalue weighted by molar-refractivity contribution is 7.47. The van der Waals surface area contributed by atoms with Crippen molar-refractivity contribution in [1.29, 1.82) is 0 Å². The van der Waals surface area contributed by atoms with Crippen LogP contribution in [-0.4, -0.2) is 96.7 Å². The van der Waals surface area contributed by atoms with Gasteiger partial charge in [0.1, 0.15) is 19.3 Å². The lowest BCUT2D eigenvalue weighted by molar-refractivity contribution is -0.161. The van der Waals surface area contributed by atoms with Gasteiger partial charge in [-0.3, -0.25) is 37.3 Å². The van der Waals surface area contributed by atoms with Gasteiger partial charge < -0.3 is 33.8 Å². The van der Waals surface area contributed by atoms with E-state index in [1.807, 2.05) is 18.2 Å². The van der Waals surface area contributed by atoms with E-state index in [2.05, 4.69) is 198 Å².